The van der Waals surface area contributed by atoms with Crippen LogP contribution in [-0.2, 0) is 14.4 Å². The molecule has 0 aromatic heterocycles. The lowest BCUT2D eigenvalue weighted by Gasteiger charge is -2.37. The quantitative estimate of drug-likeness (QED) is 0.815. The van der Waals surface area contributed by atoms with Crippen molar-refractivity contribution in [1.29, 1.82) is 0 Å². The van der Waals surface area contributed by atoms with Gasteiger partial charge in [0.05, 0.1) is 5.92 Å². The van der Waals surface area contributed by atoms with Crippen LogP contribution in [0.5, 0.6) is 0 Å². The summed E-state index contributed by atoms with van der Waals surface area (Å²) in [6.07, 6.45) is 2.90. The Balaban J connectivity index is 2.72. The Morgan fingerprint density at radius 3 is 2.55 bits per heavy atom. The number of carbonyl (C=O) groups is 3. The van der Waals surface area contributed by atoms with Crippen LogP contribution in [0.2, 0.25) is 0 Å². The Hall–Kier alpha value is -1.59. The molecule has 1 fully saturated rings. The van der Waals surface area contributed by atoms with Crippen molar-refractivity contribution >= 4 is 17.8 Å². The average Bonchev–Trinajstić information content (AvgIpc) is 2.45. The van der Waals surface area contributed by atoms with Crippen LogP contribution in [-0.4, -0.2) is 58.9 Å². The molecule has 0 aromatic carbocycles. The first-order valence-corrected chi connectivity index (χ1v) is 7.15. The van der Waals surface area contributed by atoms with E-state index in [-0.39, 0.29) is 18.4 Å². The highest BCUT2D eigenvalue weighted by atomic mass is 16.4. The van der Waals surface area contributed by atoms with E-state index in [1.54, 1.807) is 25.8 Å². The zero-order valence-electron chi connectivity index (χ0n) is 12.5. The van der Waals surface area contributed by atoms with Crippen molar-refractivity contribution < 1.29 is 19.5 Å². The van der Waals surface area contributed by atoms with Gasteiger partial charge >= 0.3 is 5.97 Å². The third-order valence-electron chi connectivity index (χ3n) is 3.76. The van der Waals surface area contributed by atoms with Gasteiger partial charge in [0.2, 0.25) is 11.8 Å². The molecule has 2 amide bonds. The molecule has 0 saturated carbocycles. The number of piperidine rings is 1. The Morgan fingerprint density at radius 2 is 2.00 bits per heavy atom. The first-order valence-electron chi connectivity index (χ1n) is 7.15. The Bertz CT molecular complexity index is 383. The molecule has 0 bridgehead atoms. The van der Waals surface area contributed by atoms with Crippen LogP contribution >= 0.6 is 0 Å². The number of likely N-dealkylation sites (tertiary alicyclic amines) is 1. The zero-order valence-corrected chi connectivity index (χ0v) is 12.5. The van der Waals surface area contributed by atoms with E-state index in [1.807, 2.05) is 0 Å². The standard InChI is InChI=1S/C14H24N2O4/c1-4-12(17)16-8-6-5-7-11(16)13(18)15(3)9-10(2)14(19)20/h10-11H,4-9H2,1-3H3,(H,19,20). The first-order chi connectivity index (χ1) is 9.38. The normalized spacial score (nSPS) is 20.4. The van der Waals surface area contributed by atoms with Gasteiger partial charge in [-0.1, -0.05) is 13.8 Å². The van der Waals surface area contributed by atoms with Crippen molar-refractivity contribution in [3.8, 4) is 0 Å². The van der Waals surface area contributed by atoms with E-state index in [4.69, 9.17) is 5.11 Å². The maximum absolute atomic E-state index is 12.4. The van der Waals surface area contributed by atoms with E-state index >= 15 is 0 Å². The highest BCUT2D eigenvalue weighted by molar-refractivity contribution is 5.88. The lowest BCUT2D eigenvalue weighted by molar-refractivity contribution is -0.149. The number of hydrogen-bond acceptors (Lipinski definition) is 3. The molecule has 1 saturated heterocycles. The van der Waals surface area contributed by atoms with Gasteiger partial charge in [0.15, 0.2) is 0 Å². The first kappa shape index (κ1) is 16.5. The molecule has 1 heterocycles. The second-order valence-corrected chi connectivity index (χ2v) is 5.41. The molecule has 6 heteroatoms. The fourth-order valence-electron chi connectivity index (χ4n) is 2.52. The van der Waals surface area contributed by atoms with Crippen LogP contribution in [0.3, 0.4) is 0 Å². The average molecular weight is 284 g/mol. The summed E-state index contributed by atoms with van der Waals surface area (Å²) >= 11 is 0. The van der Waals surface area contributed by atoms with E-state index < -0.39 is 17.9 Å². The number of aliphatic carboxylic acids is 1. The molecule has 2 unspecified atom stereocenters. The van der Waals surface area contributed by atoms with Gasteiger partial charge in [0.25, 0.3) is 0 Å². The zero-order chi connectivity index (χ0) is 15.3. The molecule has 0 radical (unpaired) electrons. The molecule has 6 nitrogen and oxygen atoms in total. The van der Waals surface area contributed by atoms with Crippen molar-refractivity contribution in [3.05, 3.63) is 0 Å². The smallest absolute Gasteiger partial charge is 0.308 e. The van der Waals surface area contributed by atoms with Gasteiger partial charge in [0, 0.05) is 26.6 Å². The van der Waals surface area contributed by atoms with E-state index in [1.165, 1.54) is 4.90 Å². The minimum atomic E-state index is -0.921. The molecule has 0 spiro atoms. The Morgan fingerprint density at radius 1 is 1.35 bits per heavy atom. The molecular formula is C14H24N2O4. The number of nitrogens with zero attached hydrogens (tertiary/aromatic N) is 2. The van der Waals surface area contributed by atoms with Crippen molar-refractivity contribution in [2.24, 2.45) is 5.92 Å². The van der Waals surface area contributed by atoms with Gasteiger partial charge in [-0.15, -0.1) is 0 Å². The van der Waals surface area contributed by atoms with E-state index in [2.05, 4.69) is 0 Å². The van der Waals surface area contributed by atoms with Gasteiger partial charge < -0.3 is 14.9 Å². The third kappa shape index (κ3) is 3.95. The highest BCUT2D eigenvalue weighted by Gasteiger charge is 2.33. The van der Waals surface area contributed by atoms with Crippen molar-refractivity contribution in [2.75, 3.05) is 20.1 Å². The summed E-state index contributed by atoms with van der Waals surface area (Å²) in [6.45, 7) is 4.14. The summed E-state index contributed by atoms with van der Waals surface area (Å²) in [6, 6.07) is -0.429. The number of amides is 2. The predicted octanol–water partition coefficient (Wildman–Crippen LogP) is 0.957. The Labute approximate surface area is 119 Å². The highest BCUT2D eigenvalue weighted by Crippen LogP contribution is 2.20. The van der Waals surface area contributed by atoms with Gasteiger partial charge in [-0.3, -0.25) is 14.4 Å². The number of carbonyl (C=O) groups excluding carboxylic acids is 2. The third-order valence-corrected chi connectivity index (χ3v) is 3.76. The maximum atomic E-state index is 12.4. The van der Waals surface area contributed by atoms with Crippen molar-refractivity contribution in [1.82, 2.24) is 9.80 Å². The Kier molecular flexibility index (Phi) is 5.98. The largest absolute Gasteiger partial charge is 0.481 e. The fourth-order valence-corrected chi connectivity index (χ4v) is 2.52. The lowest BCUT2D eigenvalue weighted by atomic mass is 10.00. The molecule has 1 aliphatic rings. The number of carboxylic acids is 1. The van der Waals surface area contributed by atoms with Crippen LogP contribution < -0.4 is 0 Å². The summed E-state index contributed by atoms with van der Waals surface area (Å²) in [7, 11) is 1.60. The van der Waals surface area contributed by atoms with Crippen LogP contribution in [0.25, 0.3) is 0 Å². The topological polar surface area (TPSA) is 77.9 Å². The fraction of sp³-hybridized carbons (Fsp3) is 0.786. The predicted molar refractivity (Wildman–Crippen MR) is 74.1 cm³/mol. The van der Waals surface area contributed by atoms with Crippen molar-refractivity contribution in [2.45, 2.75) is 45.6 Å². The molecular weight excluding hydrogens is 260 g/mol. The number of rotatable bonds is 5. The lowest BCUT2D eigenvalue weighted by Crippen LogP contribution is -2.52. The minimum absolute atomic E-state index is 0.0114. The van der Waals surface area contributed by atoms with Gasteiger partial charge in [-0.2, -0.15) is 0 Å². The van der Waals surface area contributed by atoms with E-state index in [0.717, 1.165) is 12.8 Å². The van der Waals surface area contributed by atoms with Gasteiger partial charge in [0.1, 0.15) is 6.04 Å². The van der Waals surface area contributed by atoms with Crippen LogP contribution in [0.15, 0.2) is 0 Å². The molecule has 1 rings (SSSR count). The van der Waals surface area contributed by atoms with E-state index in [0.29, 0.717) is 19.4 Å². The van der Waals surface area contributed by atoms with Crippen LogP contribution in [0.1, 0.15) is 39.5 Å². The van der Waals surface area contributed by atoms with Crippen LogP contribution in [0.4, 0.5) is 0 Å². The molecule has 0 aliphatic carbocycles. The summed E-state index contributed by atoms with van der Waals surface area (Å²) in [4.78, 5) is 38.3. The molecule has 1 N–H and O–H groups in total. The van der Waals surface area contributed by atoms with Crippen molar-refractivity contribution in [3.63, 3.8) is 0 Å². The molecule has 1 aliphatic heterocycles. The molecule has 20 heavy (non-hydrogen) atoms. The van der Waals surface area contributed by atoms with E-state index in [9.17, 15) is 14.4 Å². The summed E-state index contributed by atoms with van der Waals surface area (Å²) in [5.41, 5.74) is 0. The van der Waals surface area contributed by atoms with Gasteiger partial charge in [-0.25, -0.2) is 0 Å². The molecule has 114 valence electrons. The number of carboxylic acid groups (broad SMARTS) is 1. The SMILES string of the molecule is CCC(=O)N1CCCCC1C(=O)N(C)CC(C)C(=O)O. The number of hydrogen-bond donors (Lipinski definition) is 1. The summed E-state index contributed by atoms with van der Waals surface area (Å²) in [5.74, 6) is -1.69. The summed E-state index contributed by atoms with van der Waals surface area (Å²) < 4.78 is 0. The van der Waals surface area contributed by atoms with Gasteiger partial charge in [-0.05, 0) is 19.3 Å². The molecule has 2 atom stereocenters. The monoisotopic (exact) mass is 284 g/mol. The number of likely N-dealkylation sites (N-methyl/N-ethyl adjacent to an activating group) is 1. The second kappa shape index (κ2) is 7.26. The summed E-state index contributed by atoms with van der Waals surface area (Å²) in [5, 5.41) is 8.90. The second-order valence-electron chi connectivity index (χ2n) is 5.41. The molecule has 0 aromatic rings. The minimum Gasteiger partial charge on any atom is -0.481 e. The van der Waals surface area contributed by atoms with Crippen LogP contribution in [0, 0.1) is 5.92 Å². The maximum Gasteiger partial charge on any atom is 0.308 e.